The lowest BCUT2D eigenvalue weighted by molar-refractivity contribution is -0.612. The van der Waals surface area contributed by atoms with E-state index in [0.29, 0.717) is 33.0 Å². The Bertz CT molecular complexity index is 1080. The molecule has 0 aliphatic heterocycles. The molecular formula is C19H13ClN2O2S. The first-order valence-corrected chi connectivity index (χ1v) is 8.91. The smallest absolute Gasteiger partial charge is 0.308 e. The maximum Gasteiger partial charge on any atom is 0.308 e. The molecule has 0 atom stereocenters. The van der Waals surface area contributed by atoms with Crippen molar-refractivity contribution in [1.29, 1.82) is 0 Å². The van der Waals surface area contributed by atoms with E-state index in [0.717, 1.165) is 19.9 Å². The van der Waals surface area contributed by atoms with Crippen LogP contribution >= 0.6 is 22.9 Å². The van der Waals surface area contributed by atoms with Gasteiger partial charge < -0.3 is 10.4 Å². The number of hydrogen-bond acceptors (Lipinski definition) is 3. The molecule has 2 heterocycles. The summed E-state index contributed by atoms with van der Waals surface area (Å²) in [5.74, 6) is 0. The first-order valence-electron chi connectivity index (χ1n) is 7.65. The molecule has 0 saturated heterocycles. The molecule has 0 aliphatic rings. The second kappa shape index (κ2) is 6.02. The first-order chi connectivity index (χ1) is 12.1. The van der Waals surface area contributed by atoms with Crippen molar-refractivity contribution in [3.63, 3.8) is 0 Å². The van der Waals surface area contributed by atoms with Crippen LogP contribution in [0.1, 0.15) is 5.56 Å². The van der Waals surface area contributed by atoms with E-state index in [9.17, 15) is 10.4 Å². The standard InChI is InChI=1S/C19H13ClN2O2S/c1-12-4-9-15-16(11-12)22(24)18(13-5-7-14(20)8-6-13)19(21(15)23)17-3-2-10-25-17/h2-11H,1H3. The van der Waals surface area contributed by atoms with E-state index in [-0.39, 0.29) is 0 Å². The number of halogens is 1. The van der Waals surface area contributed by atoms with Gasteiger partial charge in [-0.2, -0.15) is 9.46 Å². The SMILES string of the molecule is Cc1ccc2c(c1)[n+]([O-])c(-c1ccc(Cl)cc1)c(-c1cccs1)[n+]2[O-]. The molecule has 0 radical (unpaired) electrons. The van der Waals surface area contributed by atoms with Gasteiger partial charge in [-0.15, -0.1) is 11.3 Å². The van der Waals surface area contributed by atoms with Crippen molar-refractivity contribution in [3.8, 4) is 21.8 Å². The number of hydrogen-bond donors (Lipinski definition) is 0. The van der Waals surface area contributed by atoms with Gasteiger partial charge in [0.15, 0.2) is 0 Å². The monoisotopic (exact) mass is 368 g/mol. The zero-order valence-corrected chi connectivity index (χ0v) is 14.8. The van der Waals surface area contributed by atoms with Crippen molar-refractivity contribution < 1.29 is 9.46 Å². The number of rotatable bonds is 2. The summed E-state index contributed by atoms with van der Waals surface area (Å²) >= 11 is 7.40. The Labute approximate surface area is 153 Å². The number of nitrogens with zero attached hydrogens (tertiary/aromatic N) is 2. The Morgan fingerprint density at radius 1 is 0.880 bits per heavy atom. The van der Waals surface area contributed by atoms with Gasteiger partial charge in [-0.25, -0.2) is 0 Å². The summed E-state index contributed by atoms with van der Waals surface area (Å²) in [5, 5.41) is 28.7. The molecule has 0 unspecified atom stereocenters. The van der Waals surface area contributed by atoms with Gasteiger partial charge in [-0.3, -0.25) is 0 Å². The zero-order valence-electron chi connectivity index (χ0n) is 13.3. The van der Waals surface area contributed by atoms with Crippen LogP contribution in [0.4, 0.5) is 0 Å². The highest BCUT2D eigenvalue weighted by Crippen LogP contribution is 2.31. The normalized spacial score (nSPS) is 11.1. The third-order valence-electron chi connectivity index (χ3n) is 4.07. The van der Waals surface area contributed by atoms with Gasteiger partial charge in [-0.1, -0.05) is 23.7 Å². The van der Waals surface area contributed by atoms with Gasteiger partial charge in [0.25, 0.3) is 16.7 Å². The fourth-order valence-electron chi connectivity index (χ4n) is 2.89. The molecule has 2 aromatic carbocycles. The summed E-state index contributed by atoms with van der Waals surface area (Å²) in [6, 6.07) is 15.9. The molecule has 0 amide bonds. The topological polar surface area (TPSA) is 53.9 Å². The molecule has 124 valence electrons. The highest BCUT2D eigenvalue weighted by Gasteiger charge is 2.31. The van der Waals surface area contributed by atoms with E-state index in [4.69, 9.17) is 11.6 Å². The van der Waals surface area contributed by atoms with Gasteiger partial charge in [0, 0.05) is 17.2 Å². The number of thiophene rings is 1. The van der Waals surface area contributed by atoms with Crippen LogP contribution in [0.15, 0.2) is 60.0 Å². The number of aromatic nitrogens is 2. The van der Waals surface area contributed by atoms with Gasteiger partial charge >= 0.3 is 5.69 Å². The minimum absolute atomic E-state index is 0.326. The summed E-state index contributed by atoms with van der Waals surface area (Å²) in [6.45, 7) is 1.89. The van der Waals surface area contributed by atoms with Crippen molar-refractivity contribution in [2.75, 3.05) is 0 Å². The molecule has 2 aromatic heterocycles. The Hall–Kier alpha value is -2.63. The van der Waals surface area contributed by atoms with E-state index < -0.39 is 0 Å². The first kappa shape index (κ1) is 15.9. The largest absolute Gasteiger partial charge is 0.617 e. The maximum absolute atomic E-state index is 13.2. The van der Waals surface area contributed by atoms with Gasteiger partial charge in [0.05, 0.1) is 5.56 Å². The Kier molecular flexibility index (Phi) is 3.82. The molecule has 4 rings (SSSR count). The molecule has 6 heteroatoms. The van der Waals surface area contributed by atoms with Crippen LogP contribution in [0.2, 0.25) is 5.02 Å². The van der Waals surface area contributed by atoms with E-state index in [2.05, 4.69) is 0 Å². The maximum atomic E-state index is 13.2. The van der Waals surface area contributed by atoms with Crippen molar-refractivity contribution in [2.24, 2.45) is 0 Å². The quantitative estimate of drug-likeness (QED) is 0.387. The molecule has 0 bridgehead atoms. The lowest BCUT2D eigenvalue weighted by atomic mass is 10.1. The number of benzene rings is 2. The van der Waals surface area contributed by atoms with Crippen LogP contribution < -0.4 is 9.46 Å². The van der Waals surface area contributed by atoms with Gasteiger partial charge in [0.1, 0.15) is 4.88 Å². The van der Waals surface area contributed by atoms with Crippen LogP contribution in [-0.2, 0) is 0 Å². The van der Waals surface area contributed by atoms with Crippen LogP contribution in [0.25, 0.3) is 32.9 Å². The minimum atomic E-state index is 0.326. The lowest BCUT2D eigenvalue weighted by Crippen LogP contribution is -2.42. The van der Waals surface area contributed by atoms with E-state index in [1.807, 2.05) is 30.5 Å². The molecule has 4 aromatic rings. The summed E-state index contributed by atoms with van der Waals surface area (Å²) in [4.78, 5) is 0.743. The highest BCUT2D eigenvalue weighted by molar-refractivity contribution is 7.13. The van der Waals surface area contributed by atoms with Crippen LogP contribution in [0.3, 0.4) is 0 Å². The number of fused-ring (bicyclic) bond motifs is 1. The summed E-state index contributed by atoms with van der Waals surface area (Å²) in [5.41, 5.74) is 2.94. The molecule has 4 nitrogen and oxygen atoms in total. The predicted molar refractivity (Wildman–Crippen MR) is 100 cm³/mol. The van der Waals surface area contributed by atoms with E-state index in [1.165, 1.54) is 11.3 Å². The summed E-state index contributed by atoms with van der Waals surface area (Å²) in [7, 11) is 0. The third kappa shape index (κ3) is 2.62. The minimum Gasteiger partial charge on any atom is -0.617 e. The van der Waals surface area contributed by atoms with Crippen LogP contribution in [0, 0.1) is 17.3 Å². The molecule has 0 aliphatic carbocycles. The molecular weight excluding hydrogens is 356 g/mol. The molecule has 25 heavy (non-hydrogen) atoms. The van der Waals surface area contributed by atoms with Crippen molar-refractivity contribution in [3.05, 3.63) is 81.0 Å². The van der Waals surface area contributed by atoms with E-state index in [1.54, 1.807) is 36.4 Å². The van der Waals surface area contributed by atoms with Gasteiger partial charge in [-0.05, 0) is 48.2 Å². The third-order valence-corrected chi connectivity index (χ3v) is 5.20. The number of aryl methyl sites for hydroxylation is 1. The highest BCUT2D eigenvalue weighted by atomic mass is 35.5. The van der Waals surface area contributed by atoms with E-state index >= 15 is 0 Å². The second-order valence-electron chi connectivity index (χ2n) is 5.76. The molecule has 0 spiro atoms. The van der Waals surface area contributed by atoms with Crippen LogP contribution in [-0.4, -0.2) is 0 Å². The summed E-state index contributed by atoms with van der Waals surface area (Å²) in [6.07, 6.45) is 0. The second-order valence-corrected chi connectivity index (χ2v) is 7.15. The summed E-state index contributed by atoms with van der Waals surface area (Å²) < 4.78 is 1.69. The fraction of sp³-hybridized carbons (Fsp3) is 0.0526. The fourth-order valence-corrected chi connectivity index (χ4v) is 3.77. The molecule has 0 N–H and O–H groups in total. The van der Waals surface area contributed by atoms with Crippen molar-refractivity contribution >= 4 is 34.0 Å². The average Bonchev–Trinajstić information content (AvgIpc) is 3.13. The van der Waals surface area contributed by atoms with Crippen molar-refractivity contribution in [2.45, 2.75) is 6.92 Å². The molecule has 0 fully saturated rings. The zero-order chi connectivity index (χ0) is 17.6. The predicted octanol–water partition coefficient (Wildman–Crippen LogP) is 4.46. The van der Waals surface area contributed by atoms with Crippen LogP contribution in [0.5, 0.6) is 0 Å². The van der Waals surface area contributed by atoms with Gasteiger partial charge in [0.2, 0.25) is 0 Å². The Morgan fingerprint density at radius 3 is 2.28 bits per heavy atom. The Morgan fingerprint density at radius 2 is 1.60 bits per heavy atom. The van der Waals surface area contributed by atoms with Crippen molar-refractivity contribution in [1.82, 2.24) is 0 Å². The lowest BCUT2D eigenvalue weighted by Gasteiger charge is -2.13. The molecule has 0 saturated carbocycles. The Balaban J connectivity index is 2.16. The average molecular weight is 369 g/mol.